The van der Waals surface area contributed by atoms with Crippen LogP contribution in [0.25, 0.3) is 0 Å². The Labute approximate surface area is 112 Å². The van der Waals surface area contributed by atoms with Gasteiger partial charge in [-0.2, -0.15) is 0 Å². The van der Waals surface area contributed by atoms with Gasteiger partial charge in [0.1, 0.15) is 5.00 Å². The van der Waals surface area contributed by atoms with Gasteiger partial charge in [-0.3, -0.25) is 4.79 Å². The van der Waals surface area contributed by atoms with Crippen molar-refractivity contribution in [1.82, 2.24) is 0 Å². The second kappa shape index (κ2) is 4.80. The van der Waals surface area contributed by atoms with Gasteiger partial charge in [0.2, 0.25) is 0 Å². The zero-order valence-corrected chi connectivity index (χ0v) is 12.1. The number of nitrogens with zero attached hydrogens (tertiary/aromatic N) is 1. The van der Waals surface area contributed by atoms with Gasteiger partial charge in [0, 0.05) is 20.0 Å². The molecule has 0 atom stereocenters. The molecule has 1 aromatic heterocycles. The molecule has 1 heterocycles. The van der Waals surface area contributed by atoms with Crippen LogP contribution in [-0.2, 0) is 0 Å². The van der Waals surface area contributed by atoms with Crippen molar-refractivity contribution in [1.29, 1.82) is 0 Å². The number of nitrogens with two attached hydrogens (primary N) is 1. The molecule has 0 bridgehead atoms. The molecule has 5 heteroatoms. The standard InChI is InChI=1S/C13H20N2O2S/c1-7(2)17-11-9(14)12(10(16)8-5-6-8)18-13(11)15(3)4/h7-8H,5-6,14H2,1-4H3. The largest absolute Gasteiger partial charge is 0.486 e. The van der Waals surface area contributed by atoms with Gasteiger partial charge in [0.25, 0.3) is 0 Å². The molecule has 2 rings (SSSR count). The highest BCUT2D eigenvalue weighted by Gasteiger charge is 2.34. The average Bonchev–Trinajstić information content (AvgIpc) is 3.05. The van der Waals surface area contributed by atoms with Crippen LogP contribution in [0.3, 0.4) is 0 Å². The molecule has 1 fully saturated rings. The Bertz CT molecular complexity index is 462. The maximum absolute atomic E-state index is 12.2. The predicted octanol–water partition coefficient (Wildman–Crippen LogP) is 2.78. The maximum Gasteiger partial charge on any atom is 0.178 e. The molecule has 18 heavy (non-hydrogen) atoms. The molecule has 1 aliphatic rings. The summed E-state index contributed by atoms with van der Waals surface area (Å²) >= 11 is 1.44. The first-order chi connectivity index (χ1) is 8.41. The van der Waals surface area contributed by atoms with E-state index in [2.05, 4.69) is 0 Å². The molecule has 0 radical (unpaired) electrons. The topological polar surface area (TPSA) is 55.6 Å². The molecule has 1 saturated carbocycles. The summed E-state index contributed by atoms with van der Waals surface area (Å²) < 4.78 is 5.76. The van der Waals surface area contributed by atoms with E-state index in [4.69, 9.17) is 10.5 Å². The third kappa shape index (κ3) is 2.46. The summed E-state index contributed by atoms with van der Waals surface area (Å²) in [5.74, 6) is 1.02. The lowest BCUT2D eigenvalue weighted by Crippen LogP contribution is -2.12. The zero-order valence-electron chi connectivity index (χ0n) is 11.3. The molecule has 0 aromatic carbocycles. The van der Waals surface area contributed by atoms with Crippen LogP contribution in [0.5, 0.6) is 5.75 Å². The van der Waals surface area contributed by atoms with Crippen molar-refractivity contribution in [2.24, 2.45) is 5.92 Å². The lowest BCUT2D eigenvalue weighted by atomic mass is 10.2. The fourth-order valence-corrected chi connectivity index (χ4v) is 2.87. The molecule has 1 aromatic rings. The number of carbonyl (C=O) groups is 1. The number of ether oxygens (including phenoxy) is 1. The molecule has 0 spiro atoms. The molecular formula is C13H20N2O2S. The molecule has 100 valence electrons. The first kappa shape index (κ1) is 13.2. The number of nitrogen functional groups attached to an aromatic ring is 1. The molecule has 0 aliphatic heterocycles. The van der Waals surface area contributed by atoms with E-state index in [1.807, 2.05) is 32.8 Å². The van der Waals surface area contributed by atoms with Crippen molar-refractivity contribution in [3.05, 3.63) is 4.88 Å². The van der Waals surface area contributed by atoms with E-state index in [9.17, 15) is 4.79 Å². The SMILES string of the molecule is CC(C)Oc1c(N(C)C)sc(C(=O)C2CC2)c1N. The van der Waals surface area contributed by atoms with Gasteiger partial charge in [-0.15, -0.1) is 11.3 Å². The smallest absolute Gasteiger partial charge is 0.178 e. The van der Waals surface area contributed by atoms with Gasteiger partial charge in [-0.1, -0.05) is 0 Å². The van der Waals surface area contributed by atoms with E-state index >= 15 is 0 Å². The Hall–Kier alpha value is -1.23. The molecule has 0 unspecified atom stereocenters. The van der Waals surface area contributed by atoms with Gasteiger partial charge in [0.15, 0.2) is 11.5 Å². The Morgan fingerprint density at radius 3 is 2.50 bits per heavy atom. The lowest BCUT2D eigenvalue weighted by molar-refractivity contribution is 0.0972. The fraction of sp³-hybridized carbons (Fsp3) is 0.615. The van der Waals surface area contributed by atoms with Crippen LogP contribution in [0, 0.1) is 5.92 Å². The second-order valence-electron chi connectivity index (χ2n) is 5.18. The summed E-state index contributed by atoms with van der Waals surface area (Å²) in [4.78, 5) is 14.8. The van der Waals surface area contributed by atoms with E-state index in [0.29, 0.717) is 16.3 Å². The van der Waals surface area contributed by atoms with Crippen molar-refractivity contribution < 1.29 is 9.53 Å². The second-order valence-corrected chi connectivity index (χ2v) is 6.18. The monoisotopic (exact) mass is 268 g/mol. The summed E-state index contributed by atoms with van der Waals surface area (Å²) in [5, 5.41) is 0.921. The molecular weight excluding hydrogens is 248 g/mol. The van der Waals surface area contributed by atoms with Crippen molar-refractivity contribution >= 4 is 27.8 Å². The highest BCUT2D eigenvalue weighted by Crippen LogP contribution is 2.47. The van der Waals surface area contributed by atoms with E-state index in [1.54, 1.807) is 0 Å². The van der Waals surface area contributed by atoms with Gasteiger partial charge in [-0.25, -0.2) is 0 Å². The number of anilines is 2. The number of Topliss-reactive ketones (excluding diaryl/α,β-unsaturated/α-hetero) is 1. The van der Waals surface area contributed by atoms with Gasteiger partial charge >= 0.3 is 0 Å². The minimum Gasteiger partial charge on any atom is -0.486 e. The highest BCUT2D eigenvalue weighted by molar-refractivity contribution is 7.19. The number of rotatable bonds is 5. The van der Waals surface area contributed by atoms with Crippen molar-refractivity contribution in [2.75, 3.05) is 24.7 Å². The molecule has 1 aliphatic carbocycles. The number of hydrogen-bond donors (Lipinski definition) is 1. The number of ketones is 1. The van der Waals surface area contributed by atoms with Crippen LogP contribution in [0.15, 0.2) is 0 Å². The summed E-state index contributed by atoms with van der Waals surface area (Å²) in [7, 11) is 3.87. The Kier molecular flexibility index (Phi) is 3.52. The van der Waals surface area contributed by atoms with Gasteiger partial charge < -0.3 is 15.4 Å². The minimum absolute atomic E-state index is 0.0458. The van der Waals surface area contributed by atoms with E-state index in [1.165, 1.54) is 11.3 Å². The van der Waals surface area contributed by atoms with Crippen LogP contribution < -0.4 is 15.4 Å². The Morgan fingerprint density at radius 1 is 1.44 bits per heavy atom. The van der Waals surface area contributed by atoms with Crippen molar-refractivity contribution in [3.8, 4) is 5.75 Å². The normalized spacial score (nSPS) is 14.9. The Balaban J connectivity index is 2.39. The first-order valence-corrected chi connectivity index (χ1v) is 7.04. The van der Waals surface area contributed by atoms with Crippen LogP contribution >= 0.6 is 11.3 Å². The predicted molar refractivity (Wildman–Crippen MR) is 75.9 cm³/mol. The van der Waals surface area contributed by atoms with Crippen LogP contribution in [0.1, 0.15) is 36.4 Å². The minimum atomic E-state index is 0.0458. The zero-order chi connectivity index (χ0) is 13.4. The van der Waals surface area contributed by atoms with Crippen LogP contribution in [0.4, 0.5) is 10.7 Å². The number of carbonyl (C=O) groups excluding carboxylic acids is 1. The highest BCUT2D eigenvalue weighted by atomic mass is 32.1. The summed E-state index contributed by atoms with van der Waals surface area (Å²) in [6.07, 6.45) is 2.03. The van der Waals surface area contributed by atoms with E-state index in [-0.39, 0.29) is 17.8 Å². The lowest BCUT2D eigenvalue weighted by Gasteiger charge is -2.15. The van der Waals surface area contributed by atoms with Crippen molar-refractivity contribution in [2.45, 2.75) is 32.8 Å². The van der Waals surface area contributed by atoms with Gasteiger partial charge in [0.05, 0.1) is 16.7 Å². The molecule has 4 nitrogen and oxygen atoms in total. The van der Waals surface area contributed by atoms with Crippen molar-refractivity contribution in [3.63, 3.8) is 0 Å². The van der Waals surface area contributed by atoms with Crippen LogP contribution in [-0.4, -0.2) is 26.0 Å². The van der Waals surface area contributed by atoms with Crippen LogP contribution in [0.2, 0.25) is 0 Å². The van der Waals surface area contributed by atoms with E-state index in [0.717, 1.165) is 17.8 Å². The average molecular weight is 268 g/mol. The number of hydrogen-bond acceptors (Lipinski definition) is 5. The third-order valence-corrected chi connectivity index (χ3v) is 4.18. The fourth-order valence-electron chi connectivity index (χ4n) is 1.77. The quantitative estimate of drug-likeness (QED) is 0.834. The van der Waals surface area contributed by atoms with E-state index < -0.39 is 0 Å². The van der Waals surface area contributed by atoms with Gasteiger partial charge in [-0.05, 0) is 26.7 Å². The molecule has 2 N–H and O–H groups in total. The summed E-state index contributed by atoms with van der Waals surface area (Å²) in [5.41, 5.74) is 6.60. The Morgan fingerprint density at radius 2 is 2.06 bits per heavy atom. The third-order valence-electron chi connectivity index (χ3n) is 2.81. The maximum atomic E-state index is 12.2. The summed E-state index contributed by atoms with van der Waals surface area (Å²) in [6.45, 7) is 3.91. The molecule has 0 saturated heterocycles. The number of thiophene rings is 1. The summed E-state index contributed by atoms with van der Waals surface area (Å²) in [6, 6.07) is 0. The molecule has 0 amide bonds. The first-order valence-electron chi connectivity index (χ1n) is 6.22.